The maximum atomic E-state index is 5.28. The minimum atomic E-state index is 0.388. The van der Waals surface area contributed by atoms with Crippen LogP contribution in [-0.2, 0) is 0 Å². The Hall–Kier alpha value is -1.39. The Labute approximate surface area is 77.6 Å². The molecule has 0 amide bonds. The summed E-state index contributed by atoms with van der Waals surface area (Å²) < 4.78 is 5.28. The van der Waals surface area contributed by atoms with E-state index in [1.165, 1.54) is 0 Å². The summed E-state index contributed by atoms with van der Waals surface area (Å²) in [6.45, 7) is 4.47. The lowest BCUT2D eigenvalue weighted by molar-refractivity contribution is 0.291. The van der Waals surface area contributed by atoms with E-state index in [2.05, 4.69) is 20.3 Å². The summed E-state index contributed by atoms with van der Waals surface area (Å²) >= 11 is 0. The molecule has 0 bridgehead atoms. The molecule has 1 heterocycles. The zero-order valence-electron chi connectivity index (χ0n) is 8.16. The molecule has 0 fully saturated rings. The van der Waals surface area contributed by atoms with Gasteiger partial charge in [-0.15, -0.1) is 0 Å². The van der Waals surface area contributed by atoms with Crippen LogP contribution in [0.2, 0.25) is 0 Å². The molecule has 1 rings (SSSR count). The van der Waals surface area contributed by atoms with Gasteiger partial charge < -0.3 is 10.1 Å². The molecule has 72 valence electrons. The van der Waals surface area contributed by atoms with Crippen LogP contribution in [0, 0.1) is 6.92 Å². The lowest BCUT2D eigenvalue weighted by Gasteiger charge is -2.04. The lowest BCUT2D eigenvalue weighted by Crippen LogP contribution is -2.05. The van der Waals surface area contributed by atoms with Crippen molar-refractivity contribution in [1.82, 2.24) is 15.0 Å². The highest BCUT2D eigenvalue weighted by Gasteiger charge is 2.01. The van der Waals surface area contributed by atoms with Crippen molar-refractivity contribution in [2.24, 2.45) is 0 Å². The fourth-order valence-electron chi connectivity index (χ4n) is 0.827. The number of aryl methyl sites for hydroxylation is 1. The predicted octanol–water partition coefficient (Wildman–Crippen LogP) is 1.01. The number of aromatic nitrogens is 3. The highest BCUT2D eigenvalue weighted by atomic mass is 16.5. The van der Waals surface area contributed by atoms with Gasteiger partial charge in [-0.2, -0.15) is 15.0 Å². The molecular weight excluding hydrogens is 168 g/mol. The molecule has 13 heavy (non-hydrogen) atoms. The molecule has 5 nitrogen and oxygen atoms in total. The maximum absolute atomic E-state index is 5.28. The third-order valence-electron chi connectivity index (χ3n) is 1.39. The SMILES string of the molecule is CCCOc1nc(C)nc(NC)n1. The Morgan fingerprint density at radius 1 is 1.31 bits per heavy atom. The number of nitrogens with zero attached hydrogens (tertiary/aromatic N) is 3. The van der Waals surface area contributed by atoms with Gasteiger partial charge in [-0.3, -0.25) is 0 Å². The average molecular weight is 182 g/mol. The summed E-state index contributed by atoms with van der Waals surface area (Å²) in [6, 6.07) is 0.388. The van der Waals surface area contributed by atoms with Crippen LogP contribution in [0.15, 0.2) is 0 Å². The molecule has 0 radical (unpaired) electrons. The Balaban J connectivity index is 2.76. The van der Waals surface area contributed by atoms with Crippen molar-refractivity contribution < 1.29 is 4.74 Å². The second-order valence-corrected chi connectivity index (χ2v) is 2.59. The number of rotatable bonds is 4. The molecule has 0 aliphatic heterocycles. The molecule has 0 atom stereocenters. The summed E-state index contributed by atoms with van der Waals surface area (Å²) in [5.74, 6) is 1.20. The fraction of sp³-hybridized carbons (Fsp3) is 0.625. The van der Waals surface area contributed by atoms with Gasteiger partial charge in [0.05, 0.1) is 6.61 Å². The molecule has 0 saturated carbocycles. The van der Waals surface area contributed by atoms with Crippen molar-refractivity contribution in [1.29, 1.82) is 0 Å². The highest BCUT2D eigenvalue weighted by molar-refractivity contribution is 5.24. The third-order valence-corrected chi connectivity index (χ3v) is 1.39. The van der Waals surface area contributed by atoms with Crippen LogP contribution in [0.4, 0.5) is 5.95 Å². The van der Waals surface area contributed by atoms with E-state index >= 15 is 0 Å². The van der Waals surface area contributed by atoms with Gasteiger partial charge in [-0.25, -0.2) is 0 Å². The first-order chi connectivity index (χ1) is 6.26. The summed E-state index contributed by atoms with van der Waals surface area (Å²) in [5, 5.41) is 2.84. The van der Waals surface area contributed by atoms with Crippen molar-refractivity contribution in [2.75, 3.05) is 19.0 Å². The minimum Gasteiger partial charge on any atom is -0.463 e. The molecule has 0 unspecified atom stereocenters. The monoisotopic (exact) mass is 182 g/mol. The smallest absolute Gasteiger partial charge is 0.321 e. The quantitative estimate of drug-likeness (QED) is 0.753. The number of nitrogens with one attached hydrogen (secondary N) is 1. The second kappa shape index (κ2) is 4.59. The largest absolute Gasteiger partial charge is 0.463 e. The standard InChI is InChI=1S/C8H14N4O/c1-4-5-13-8-11-6(2)10-7(9-3)12-8/h4-5H2,1-3H3,(H,9,10,11,12). The third kappa shape index (κ3) is 2.85. The van der Waals surface area contributed by atoms with Gasteiger partial charge in [-0.1, -0.05) is 6.92 Å². The van der Waals surface area contributed by atoms with Crippen molar-refractivity contribution in [2.45, 2.75) is 20.3 Å². The van der Waals surface area contributed by atoms with E-state index in [0.717, 1.165) is 6.42 Å². The first kappa shape index (κ1) is 9.70. The van der Waals surface area contributed by atoms with E-state index < -0.39 is 0 Å². The topological polar surface area (TPSA) is 59.9 Å². The van der Waals surface area contributed by atoms with Crippen LogP contribution in [-0.4, -0.2) is 28.6 Å². The van der Waals surface area contributed by atoms with Gasteiger partial charge in [0, 0.05) is 7.05 Å². The molecule has 0 aromatic carbocycles. The fourth-order valence-corrected chi connectivity index (χ4v) is 0.827. The number of ether oxygens (including phenoxy) is 1. The van der Waals surface area contributed by atoms with Gasteiger partial charge in [0.1, 0.15) is 5.82 Å². The molecule has 1 N–H and O–H groups in total. The van der Waals surface area contributed by atoms with E-state index in [1.807, 2.05) is 6.92 Å². The van der Waals surface area contributed by atoms with Crippen LogP contribution in [0.5, 0.6) is 6.01 Å². The highest BCUT2D eigenvalue weighted by Crippen LogP contribution is 2.06. The van der Waals surface area contributed by atoms with Crippen molar-refractivity contribution in [3.63, 3.8) is 0 Å². The first-order valence-electron chi connectivity index (χ1n) is 4.29. The van der Waals surface area contributed by atoms with Crippen LogP contribution < -0.4 is 10.1 Å². The summed E-state index contributed by atoms with van der Waals surface area (Å²) in [5.41, 5.74) is 0. The van der Waals surface area contributed by atoms with Gasteiger partial charge >= 0.3 is 6.01 Å². The normalized spacial score (nSPS) is 9.77. The zero-order valence-corrected chi connectivity index (χ0v) is 8.16. The van der Waals surface area contributed by atoms with Gasteiger partial charge in [0.25, 0.3) is 0 Å². The van der Waals surface area contributed by atoms with Crippen molar-refractivity contribution >= 4 is 5.95 Å². The van der Waals surface area contributed by atoms with E-state index in [0.29, 0.717) is 24.4 Å². The van der Waals surface area contributed by atoms with Crippen LogP contribution in [0.1, 0.15) is 19.2 Å². The molecular formula is C8H14N4O. The summed E-state index contributed by atoms with van der Waals surface area (Å²) in [7, 11) is 1.76. The molecule has 5 heteroatoms. The molecule has 0 saturated heterocycles. The maximum Gasteiger partial charge on any atom is 0.321 e. The Morgan fingerprint density at radius 3 is 2.69 bits per heavy atom. The molecule has 1 aromatic heterocycles. The molecule has 0 aliphatic carbocycles. The van der Waals surface area contributed by atoms with E-state index in [9.17, 15) is 0 Å². The van der Waals surface area contributed by atoms with E-state index in [-0.39, 0.29) is 0 Å². The van der Waals surface area contributed by atoms with Gasteiger partial charge in [0.15, 0.2) is 0 Å². The number of anilines is 1. The van der Waals surface area contributed by atoms with Crippen LogP contribution in [0.25, 0.3) is 0 Å². The zero-order chi connectivity index (χ0) is 9.68. The Kier molecular flexibility index (Phi) is 3.42. The van der Waals surface area contributed by atoms with E-state index in [1.54, 1.807) is 14.0 Å². The van der Waals surface area contributed by atoms with Crippen molar-refractivity contribution in [3.8, 4) is 6.01 Å². The molecule has 0 spiro atoms. The number of hydrogen-bond donors (Lipinski definition) is 1. The summed E-state index contributed by atoms with van der Waals surface area (Å²) in [4.78, 5) is 12.1. The van der Waals surface area contributed by atoms with E-state index in [4.69, 9.17) is 4.74 Å². The predicted molar refractivity (Wildman–Crippen MR) is 49.9 cm³/mol. The Morgan fingerprint density at radius 2 is 2.08 bits per heavy atom. The van der Waals surface area contributed by atoms with Crippen molar-refractivity contribution in [3.05, 3.63) is 5.82 Å². The molecule has 1 aromatic rings. The Bertz CT molecular complexity index is 277. The van der Waals surface area contributed by atoms with Crippen LogP contribution >= 0.6 is 0 Å². The average Bonchev–Trinajstić information content (AvgIpc) is 2.14. The number of hydrogen-bond acceptors (Lipinski definition) is 5. The van der Waals surface area contributed by atoms with Gasteiger partial charge in [0.2, 0.25) is 5.95 Å². The van der Waals surface area contributed by atoms with Crippen LogP contribution in [0.3, 0.4) is 0 Å². The minimum absolute atomic E-state index is 0.388. The molecule has 0 aliphatic rings. The summed E-state index contributed by atoms with van der Waals surface area (Å²) in [6.07, 6.45) is 0.944. The lowest BCUT2D eigenvalue weighted by atomic mass is 10.5. The van der Waals surface area contributed by atoms with Gasteiger partial charge in [-0.05, 0) is 13.3 Å². The second-order valence-electron chi connectivity index (χ2n) is 2.59. The first-order valence-corrected chi connectivity index (χ1v) is 4.29.